The van der Waals surface area contributed by atoms with Crippen LogP contribution in [0.15, 0.2) is 0 Å². The van der Waals surface area contributed by atoms with E-state index < -0.39 is 48.7 Å². The van der Waals surface area contributed by atoms with Crippen molar-refractivity contribution in [3.8, 4) is 0 Å². The fraction of sp³-hybridized carbons (Fsp3) is 0.750. The molecule has 4 amide bonds. The van der Waals surface area contributed by atoms with Gasteiger partial charge in [0.05, 0.1) is 18.8 Å². The van der Waals surface area contributed by atoms with E-state index in [1.54, 1.807) is 20.8 Å². The van der Waals surface area contributed by atoms with E-state index in [0.717, 1.165) is 4.90 Å². The monoisotopic (exact) mass is 287 g/mol. The summed E-state index contributed by atoms with van der Waals surface area (Å²) in [6, 6.07) is -0.634. The number of carbonyl (C=O) groups is 3. The van der Waals surface area contributed by atoms with E-state index in [1.165, 1.54) is 0 Å². The van der Waals surface area contributed by atoms with Gasteiger partial charge in [-0.25, -0.2) is 4.79 Å². The first-order valence-corrected chi connectivity index (χ1v) is 6.38. The topological polar surface area (TPSA) is 119 Å². The molecule has 1 heterocycles. The van der Waals surface area contributed by atoms with Crippen LogP contribution in [0.4, 0.5) is 4.79 Å². The van der Waals surface area contributed by atoms with Gasteiger partial charge in [0.15, 0.2) is 0 Å². The van der Waals surface area contributed by atoms with Crippen molar-refractivity contribution < 1.29 is 24.6 Å². The standard InChI is InChI=1S/C12H21N3O5/c1-4-12(6-16,7-17)13-8(18)5-15-9(19)11(2,3)14-10(15)20/h16-17H,4-7H2,1-3H3,(H,13,18)(H,14,20). The summed E-state index contributed by atoms with van der Waals surface area (Å²) < 4.78 is 0. The Morgan fingerprint density at radius 3 is 2.25 bits per heavy atom. The number of imide groups is 1. The maximum absolute atomic E-state index is 11.9. The Hall–Kier alpha value is -1.67. The molecule has 8 heteroatoms. The Kier molecular flexibility index (Phi) is 4.72. The summed E-state index contributed by atoms with van der Waals surface area (Å²) in [6.45, 7) is 3.47. The highest BCUT2D eigenvalue weighted by Crippen LogP contribution is 2.16. The predicted octanol–water partition coefficient (Wildman–Crippen LogP) is -1.43. The third kappa shape index (κ3) is 3.07. The maximum atomic E-state index is 11.9. The molecule has 1 aliphatic rings. The molecule has 0 aromatic carbocycles. The zero-order valence-corrected chi connectivity index (χ0v) is 11.9. The molecule has 1 rings (SSSR count). The van der Waals surface area contributed by atoms with Crippen LogP contribution in [0.25, 0.3) is 0 Å². The number of carbonyl (C=O) groups excluding carboxylic acids is 3. The number of urea groups is 1. The summed E-state index contributed by atoms with van der Waals surface area (Å²) in [5, 5.41) is 23.4. The fourth-order valence-electron chi connectivity index (χ4n) is 1.88. The van der Waals surface area contributed by atoms with E-state index in [2.05, 4.69) is 10.6 Å². The molecule has 0 aromatic rings. The van der Waals surface area contributed by atoms with E-state index in [-0.39, 0.29) is 0 Å². The average Bonchev–Trinajstić information content (AvgIpc) is 2.58. The molecule has 0 unspecified atom stereocenters. The molecule has 1 aliphatic heterocycles. The number of nitrogens with zero attached hydrogens (tertiary/aromatic N) is 1. The molecular formula is C12H21N3O5. The first kappa shape index (κ1) is 16.4. The summed E-state index contributed by atoms with van der Waals surface area (Å²) in [6.07, 6.45) is 0.317. The molecule has 0 spiro atoms. The molecule has 0 atom stereocenters. The largest absolute Gasteiger partial charge is 0.394 e. The highest BCUT2D eigenvalue weighted by atomic mass is 16.3. The lowest BCUT2D eigenvalue weighted by Gasteiger charge is -2.30. The smallest absolute Gasteiger partial charge is 0.325 e. The number of hydrogen-bond acceptors (Lipinski definition) is 5. The lowest BCUT2D eigenvalue weighted by Crippen LogP contribution is -2.56. The molecule has 4 N–H and O–H groups in total. The molecule has 8 nitrogen and oxygen atoms in total. The van der Waals surface area contributed by atoms with Crippen LogP contribution in [-0.2, 0) is 9.59 Å². The quantitative estimate of drug-likeness (QED) is 0.446. The molecule has 0 aromatic heterocycles. The lowest BCUT2D eigenvalue weighted by molar-refractivity contribution is -0.135. The summed E-state index contributed by atoms with van der Waals surface area (Å²) in [5.74, 6) is -1.11. The average molecular weight is 287 g/mol. The van der Waals surface area contributed by atoms with Crippen molar-refractivity contribution in [3.05, 3.63) is 0 Å². The number of amides is 4. The minimum absolute atomic E-state index is 0.317. The zero-order valence-electron chi connectivity index (χ0n) is 11.9. The predicted molar refractivity (Wildman–Crippen MR) is 69.7 cm³/mol. The fourth-order valence-corrected chi connectivity index (χ4v) is 1.88. The van der Waals surface area contributed by atoms with Gasteiger partial charge in [-0.05, 0) is 20.3 Å². The number of hydrogen-bond donors (Lipinski definition) is 4. The van der Waals surface area contributed by atoms with Gasteiger partial charge in [0.2, 0.25) is 5.91 Å². The number of rotatable bonds is 6. The van der Waals surface area contributed by atoms with Gasteiger partial charge in [-0.3, -0.25) is 14.5 Å². The van der Waals surface area contributed by atoms with Crippen molar-refractivity contribution in [2.45, 2.75) is 38.3 Å². The van der Waals surface area contributed by atoms with Crippen molar-refractivity contribution in [3.63, 3.8) is 0 Å². The second-order valence-electron chi connectivity index (χ2n) is 5.44. The number of aliphatic hydroxyl groups is 2. The van der Waals surface area contributed by atoms with Gasteiger partial charge in [-0.15, -0.1) is 0 Å². The second kappa shape index (κ2) is 5.76. The van der Waals surface area contributed by atoms with Crippen LogP contribution in [-0.4, -0.2) is 63.8 Å². The summed E-state index contributed by atoms with van der Waals surface area (Å²) in [4.78, 5) is 36.2. The molecule has 20 heavy (non-hydrogen) atoms. The van der Waals surface area contributed by atoms with Gasteiger partial charge in [0.1, 0.15) is 12.1 Å². The van der Waals surface area contributed by atoms with E-state index in [1.807, 2.05) is 0 Å². The Labute approximate surface area is 117 Å². The first-order chi connectivity index (χ1) is 9.21. The Morgan fingerprint density at radius 1 is 1.35 bits per heavy atom. The van der Waals surface area contributed by atoms with Crippen LogP contribution in [0.5, 0.6) is 0 Å². The van der Waals surface area contributed by atoms with Gasteiger partial charge in [0.25, 0.3) is 5.91 Å². The Bertz CT molecular complexity index is 409. The minimum Gasteiger partial charge on any atom is -0.394 e. The minimum atomic E-state index is -1.15. The van der Waals surface area contributed by atoms with Gasteiger partial charge in [-0.2, -0.15) is 0 Å². The van der Waals surface area contributed by atoms with Crippen molar-refractivity contribution in [2.24, 2.45) is 0 Å². The molecule has 0 bridgehead atoms. The normalized spacial score (nSPS) is 18.1. The molecule has 0 radical (unpaired) electrons. The van der Waals surface area contributed by atoms with Crippen molar-refractivity contribution in [1.29, 1.82) is 0 Å². The first-order valence-electron chi connectivity index (χ1n) is 6.38. The molecular weight excluding hydrogens is 266 g/mol. The lowest BCUT2D eigenvalue weighted by atomic mass is 9.98. The Morgan fingerprint density at radius 2 is 1.90 bits per heavy atom. The van der Waals surface area contributed by atoms with Gasteiger partial charge in [-0.1, -0.05) is 6.92 Å². The van der Waals surface area contributed by atoms with E-state index in [9.17, 15) is 24.6 Å². The van der Waals surface area contributed by atoms with Crippen LogP contribution in [0.3, 0.4) is 0 Å². The Balaban J connectivity index is 2.72. The van der Waals surface area contributed by atoms with Gasteiger partial charge >= 0.3 is 6.03 Å². The molecule has 1 saturated heterocycles. The van der Waals surface area contributed by atoms with Crippen LogP contribution < -0.4 is 10.6 Å². The van der Waals surface area contributed by atoms with E-state index in [0.29, 0.717) is 6.42 Å². The van der Waals surface area contributed by atoms with Crippen molar-refractivity contribution in [2.75, 3.05) is 19.8 Å². The summed E-state index contributed by atoms with van der Waals surface area (Å²) in [5.41, 5.74) is -2.18. The van der Waals surface area contributed by atoms with Crippen molar-refractivity contribution in [1.82, 2.24) is 15.5 Å². The second-order valence-corrected chi connectivity index (χ2v) is 5.44. The van der Waals surface area contributed by atoms with Crippen LogP contribution in [0, 0.1) is 0 Å². The van der Waals surface area contributed by atoms with Gasteiger partial charge < -0.3 is 20.8 Å². The van der Waals surface area contributed by atoms with Gasteiger partial charge in [0, 0.05) is 0 Å². The van der Waals surface area contributed by atoms with Crippen LogP contribution in [0.1, 0.15) is 27.2 Å². The third-order valence-electron chi connectivity index (χ3n) is 3.43. The van der Waals surface area contributed by atoms with E-state index >= 15 is 0 Å². The summed E-state index contributed by atoms with van der Waals surface area (Å²) >= 11 is 0. The third-order valence-corrected chi connectivity index (χ3v) is 3.43. The number of nitrogens with one attached hydrogen (secondary N) is 2. The van der Waals surface area contributed by atoms with Crippen LogP contribution >= 0.6 is 0 Å². The highest BCUT2D eigenvalue weighted by Gasteiger charge is 2.45. The molecule has 1 fully saturated rings. The van der Waals surface area contributed by atoms with Crippen molar-refractivity contribution >= 4 is 17.8 Å². The zero-order chi connectivity index (χ0) is 15.6. The van der Waals surface area contributed by atoms with Crippen LogP contribution in [0.2, 0.25) is 0 Å². The maximum Gasteiger partial charge on any atom is 0.325 e. The SMILES string of the molecule is CCC(CO)(CO)NC(=O)CN1C(=O)NC(C)(C)C1=O. The summed E-state index contributed by atoms with van der Waals surface area (Å²) in [7, 11) is 0. The molecule has 0 saturated carbocycles. The molecule has 114 valence electrons. The highest BCUT2D eigenvalue weighted by molar-refractivity contribution is 6.08. The number of aliphatic hydroxyl groups excluding tert-OH is 2. The van der Waals surface area contributed by atoms with E-state index in [4.69, 9.17) is 0 Å². The molecule has 0 aliphatic carbocycles.